The summed E-state index contributed by atoms with van der Waals surface area (Å²) in [7, 11) is 0. The number of hydrogen-bond donors (Lipinski definition) is 3. The summed E-state index contributed by atoms with van der Waals surface area (Å²) in [6, 6.07) is -1.35. The molecule has 1 spiro atoms. The van der Waals surface area contributed by atoms with Gasteiger partial charge in [-0.2, -0.15) is 0 Å². The third kappa shape index (κ3) is 4.99. The number of imide groups is 2. The molecule has 10 heteroatoms. The topological polar surface area (TPSA) is 134 Å². The van der Waals surface area contributed by atoms with E-state index < -0.39 is 54.1 Å². The van der Waals surface area contributed by atoms with Crippen molar-refractivity contribution in [2.24, 2.45) is 5.92 Å². The van der Waals surface area contributed by atoms with E-state index in [1.54, 1.807) is 20.8 Å². The van der Waals surface area contributed by atoms with Crippen LogP contribution in [0.3, 0.4) is 0 Å². The van der Waals surface area contributed by atoms with E-state index in [9.17, 15) is 24.0 Å². The van der Waals surface area contributed by atoms with Crippen molar-refractivity contribution in [2.45, 2.75) is 64.5 Å². The Morgan fingerprint density at radius 2 is 1.93 bits per heavy atom. The van der Waals surface area contributed by atoms with Crippen LogP contribution in [0, 0.1) is 5.92 Å². The third-order valence-electron chi connectivity index (χ3n) is 4.89. The van der Waals surface area contributed by atoms with Gasteiger partial charge in [0.25, 0.3) is 11.8 Å². The molecule has 1 saturated carbocycles. The molecule has 2 aliphatic rings. The summed E-state index contributed by atoms with van der Waals surface area (Å²) >= 11 is 0. The zero-order valence-electron chi connectivity index (χ0n) is 16.7. The number of nitrogens with one attached hydrogen (secondary N) is 3. The van der Waals surface area contributed by atoms with Crippen molar-refractivity contribution in [1.29, 1.82) is 0 Å². The Balaban J connectivity index is 1.84. The standard InChI is InChI=1S/C18H28N4O6/c1-11-7-5-6-8-18(11)14(25)22(16(27)21-18)9-13(24)28-10-12(23)19-15(26)20-17(2,3)4/h11H,5-10H2,1-4H3,(H,21,27)(H2,19,20,23,26)/t11-,18+/m0/s1. The van der Waals surface area contributed by atoms with Crippen molar-refractivity contribution in [3.05, 3.63) is 0 Å². The van der Waals surface area contributed by atoms with Gasteiger partial charge in [-0.3, -0.25) is 24.6 Å². The highest BCUT2D eigenvalue weighted by molar-refractivity contribution is 6.09. The Morgan fingerprint density at radius 1 is 1.25 bits per heavy atom. The number of urea groups is 2. The predicted octanol–water partition coefficient (Wildman–Crippen LogP) is 0.655. The molecule has 0 unspecified atom stereocenters. The highest BCUT2D eigenvalue weighted by Crippen LogP contribution is 2.38. The fraction of sp³-hybridized carbons (Fsp3) is 0.722. The van der Waals surface area contributed by atoms with Gasteiger partial charge in [0.05, 0.1) is 0 Å². The predicted molar refractivity (Wildman–Crippen MR) is 98.0 cm³/mol. The molecule has 2 fully saturated rings. The van der Waals surface area contributed by atoms with Gasteiger partial charge in [-0.1, -0.05) is 19.8 Å². The largest absolute Gasteiger partial charge is 0.454 e. The van der Waals surface area contributed by atoms with E-state index in [4.69, 9.17) is 4.74 Å². The molecule has 2 atom stereocenters. The van der Waals surface area contributed by atoms with Crippen LogP contribution in [0.4, 0.5) is 9.59 Å². The average molecular weight is 396 g/mol. The van der Waals surface area contributed by atoms with Gasteiger partial charge >= 0.3 is 18.0 Å². The highest BCUT2D eigenvalue weighted by Gasteiger charge is 2.55. The number of carbonyl (C=O) groups is 5. The molecule has 0 radical (unpaired) electrons. The Hall–Kier alpha value is -2.65. The maximum Gasteiger partial charge on any atom is 0.326 e. The Labute approximate surface area is 163 Å². The quantitative estimate of drug-likeness (QED) is 0.472. The van der Waals surface area contributed by atoms with Crippen LogP contribution in [0.15, 0.2) is 0 Å². The first-order valence-electron chi connectivity index (χ1n) is 9.36. The lowest BCUT2D eigenvalue weighted by molar-refractivity contribution is -0.151. The number of nitrogens with zero attached hydrogens (tertiary/aromatic N) is 1. The van der Waals surface area contributed by atoms with Crippen molar-refractivity contribution < 1.29 is 28.7 Å². The second-order valence-corrected chi connectivity index (χ2v) is 8.35. The summed E-state index contributed by atoms with van der Waals surface area (Å²) in [5, 5.41) is 7.29. The highest BCUT2D eigenvalue weighted by atomic mass is 16.5. The second kappa shape index (κ2) is 8.15. The number of esters is 1. The number of amides is 6. The lowest BCUT2D eigenvalue weighted by Gasteiger charge is -2.36. The van der Waals surface area contributed by atoms with Gasteiger partial charge in [-0.25, -0.2) is 9.59 Å². The van der Waals surface area contributed by atoms with Crippen LogP contribution >= 0.6 is 0 Å². The molecular weight excluding hydrogens is 368 g/mol. The minimum absolute atomic E-state index is 0.0224. The molecular formula is C18H28N4O6. The Kier molecular flexibility index (Phi) is 6.30. The molecule has 1 heterocycles. The van der Waals surface area contributed by atoms with Crippen LogP contribution in [0.25, 0.3) is 0 Å². The summed E-state index contributed by atoms with van der Waals surface area (Å²) < 4.78 is 4.79. The second-order valence-electron chi connectivity index (χ2n) is 8.35. The van der Waals surface area contributed by atoms with Crippen LogP contribution in [0.5, 0.6) is 0 Å². The van der Waals surface area contributed by atoms with Gasteiger partial charge in [-0.05, 0) is 39.5 Å². The summed E-state index contributed by atoms with van der Waals surface area (Å²) in [5.41, 5.74) is -1.49. The third-order valence-corrected chi connectivity index (χ3v) is 4.89. The normalized spacial score (nSPS) is 24.7. The van der Waals surface area contributed by atoms with E-state index in [2.05, 4.69) is 10.6 Å². The number of hydrogen-bond acceptors (Lipinski definition) is 6. The first kappa shape index (κ1) is 21.6. The van der Waals surface area contributed by atoms with E-state index in [1.165, 1.54) is 0 Å². The first-order valence-corrected chi connectivity index (χ1v) is 9.36. The molecule has 0 aromatic heterocycles. The number of ether oxygens (including phenoxy) is 1. The zero-order chi connectivity index (χ0) is 21.1. The minimum Gasteiger partial charge on any atom is -0.454 e. The molecule has 0 aromatic carbocycles. The molecule has 156 valence electrons. The summed E-state index contributed by atoms with van der Waals surface area (Å²) in [4.78, 5) is 61.1. The molecule has 3 N–H and O–H groups in total. The molecule has 2 rings (SSSR count). The van der Waals surface area contributed by atoms with Crippen LogP contribution < -0.4 is 16.0 Å². The van der Waals surface area contributed by atoms with E-state index in [0.717, 1.165) is 24.2 Å². The lowest BCUT2D eigenvalue weighted by Crippen LogP contribution is -2.54. The molecule has 28 heavy (non-hydrogen) atoms. The van der Waals surface area contributed by atoms with Gasteiger partial charge in [0.2, 0.25) is 0 Å². The van der Waals surface area contributed by atoms with E-state index in [1.807, 2.05) is 12.2 Å². The molecule has 1 aliphatic heterocycles. The van der Waals surface area contributed by atoms with Gasteiger partial charge in [0.15, 0.2) is 6.61 Å². The molecule has 10 nitrogen and oxygen atoms in total. The van der Waals surface area contributed by atoms with Crippen LogP contribution in [0.1, 0.15) is 53.4 Å². The average Bonchev–Trinajstić information content (AvgIpc) is 2.79. The summed E-state index contributed by atoms with van der Waals surface area (Å²) in [5.74, 6) is -2.18. The molecule has 6 amide bonds. The summed E-state index contributed by atoms with van der Waals surface area (Å²) in [6.07, 6.45) is 3.17. The fourth-order valence-corrected chi connectivity index (χ4v) is 3.49. The van der Waals surface area contributed by atoms with Crippen LogP contribution in [-0.2, 0) is 19.1 Å². The van der Waals surface area contributed by atoms with Crippen molar-refractivity contribution >= 4 is 29.8 Å². The van der Waals surface area contributed by atoms with Gasteiger partial charge < -0.3 is 15.4 Å². The number of rotatable bonds is 4. The van der Waals surface area contributed by atoms with E-state index >= 15 is 0 Å². The van der Waals surface area contributed by atoms with Gasteiger partial charge in [0, 0.05) is 5.54 Å². The zero-order valence-corrected chi connectivity index (χ0v) is 16.7. The van der Waals surface area contributed by atoms with E-state index in [0.29, 0.717) is 6.42 Å². The maximum atomic E-state index is 12.8. The Morgan fingerprint density at radius 3 is 2.54 bits per heavy atom. The van der Waals surface area contributed by atoms with Crippen LogP contribution in [-0.4, -0.2) is 59.0 Å². The minimum atomic E-state index is -0.960. The lowest BCUT2D eigenvalue weighted by atomic mass is 9.73. The first-order chi connectivity index (χ1) is 12.9. The monoisotopic (exact) mass is 396 g/mol. The van der Waals surface area contributed by atoms with Crippen LogP contribution in [0.2, 0.25) is 0 Å². The van der Waals surface area contributed by atoms with Crippen molar-refractivity contribution in [2.75, 3.05) is 13.2 Å². The smallest absolute Gasteiger partial charge is 0.326 e. The van der Waals surface area contributed by atoms with Gasteiger partial charge in [-0.15, -0.1) is 0 Å². The Bertz CT molecular complexity index is 686. The van der Waals surface area contributed by atoms with Crippen molar-refractivity contribution in [3.8, 4) is 0 Å². The molecule has 0 aromatic rings. The SMILES string of the molecule is C[C@H]1CCCC[C@@]12NC(=O)N(CC(=O)OCC(=O)NC(=O)NC(C)(C)C)C2=O. The van der Waals surface area contributed by atoms with E-state index in [-0.39, 0.29) is 5.92 Å². The molecule has 1 saturated heterocycles. The molecule has 0 bridgehead atoms. The maximum absolute atomic E-state index is 12.8. The summed E-state index contributed by atoms with van der Waals surface area (Å²) in [6.45, 7) is 5.87. The molecule has 1 aliphatic carbocycles. The number of carbonyl (C=O) groups excluding carboxylic acids is 5. The van der Waals surface area contributed by atoms with Gasteiger partial charge in [0.1, 0.15) is 12.1 Å². The van der Waals surface area contributed by atoms with Crippen molar-refractivity contribution in [3.63, 3.8) is 0 Å². The fourth-order valence-electron chi connectivity index (χ4n) is 3.49. The van der Waals surface area contributed by atoms with Crippen molar-refractivity contribution in [1.82, 2.24) is 20.9 Å².